The minimum Gasteiger partial charge on any atom is -0.392 e. The Bertz CT molecular complexity index is 414. The highest BCUT2D eigenvalue weighted by molar-refractivity contribution is 5.18. The van der Waals surface area contributed by atoms with Gasteiger partial charge in [0.1, 0.15) is 0 Å². The predicted octanol–water partition coefficient (Wildman–Crippen LogP) is 4.95. The van der Waals surface area contributed by atoms with Crippen molar-refractivity contribution in [2.75, 3.05) is 0 Å². The number of hydrogen-bond donors (Lipinski definition) is 1. The Balaban J connectivity index is 1.60. The summed E-state index contributed by atoms with van der Waals surface area (Å²) in [5, 5.41) is 10.7. The van der Waals surface area contributed by atoms with Gasteiger partial charge in [-0.05, 0) is 74.5 Å². The standard InChI is InChI=1S/C20H32O/c1-2-19(21)20-12-5-8-18(20)17-10-9-14-6-3-4-7-15(14)16(17)11-13-20/h5,12,14-19,21H,2-4,6-11,13H2,1H3/t14?,15-,16+,17+,18-,19?,20+/m0/s1. The van der Waals surface area contributed by atoms with Crippen LogP contribution in [0.25, 0.3) is 0 Å². The lowest BCUT2D eigenvalue weighted by atomic mass is 9.49. The van der Waals surface area contributed by atoms with Gasteiger partial charge in [-0.15, -0.1) is 0 Å². The highest BCUT2D eigenvalue weighted by Gasteiger charge is 2.55. The van der Waals surface area contributed by atoms with Crippen LogP contribution < -0.4 is 0 Å². The van der Waals surface area contributed by atoms with E-state index in [-0.39, 0.29) is 11.5 Å². The topological polar surface area (TPSA) is 20.2 Å². The van der Waals surface area contributed by atoms with Crippen LogP contribution in [-0.4, -0.2) is 11.2 Å². The molecule has 1 nitrogen and oxygen atoms in total. The fourth-order valence-electron chi connectivity index (χ4n) is 6.96. The molecule has 4 aliphatic rings. The first kappa shape index (κ1) is 14.3. The van der Waals surface area contributed by atoms with Crippen molar-refractivity contribution in [2.24, 2.45) is 35.0 Å². The molecule has 4 rings (SSSR count). The fraction of sp³-hybridized carbons (Fsp3) is 0.900. The minimum absolute atomic E-state index is 0.105. The summed E-state index contributed by atoms with van der Waals surface area (Å²) in [5.74, 6) is 4.75. The molecule has 0 saturated heterocycles. The van der Waals surface area contributed by atoms with E-state index in [0.717, 1.165) is 36.0 Å². The number of hydrogen-bond acceptors (Lipinski definition) is 1. The van der Waals surface area contributed by atoms with Crippen molar-refractivity contribution in [3.8, 4) is 0 Å². The van der Waals surface area contributed by atoms with E-state index in [1.54, 1.807) is 0 Å². The highest BCUT2D eigenvalue weighted by atomic mass is 16.3. The Morgan fingerprint density at radius 2 is 1.90 bits per heavy atom. The normalized spacial score (nSPS) is 50.1. The molecule has 0 spiro atoms. The van der Waals surface area contributed by atoms with Crippen molar-refractivity contribution in [3.63, 3.8) is 0 Å². The van der Waals surface area contributed by atoms with Gasteiger partial charge in [-0.1, -0.05) is 38.3 Å². The molecule has 0 aromatic heterocycles. The maximum absolute atomic E-state index is 10.7. The molecule has 0 bridgehead atoms. The van der Waals surface area contributed by atoms with Crippen molar-refractivity contribution in [1.29, 1.82) is 0 Å². The maximum atomic E-state index is 10.7. The fourth-order valence-corrected chi connectivity index (χ4v) is 6.96. The summed E-state index contributed by atoms with van der Waals surface area (Å²) in [6, 6.07) is 0. The summed E-state index contributed by atoms with van der Waals surface area (Å²) in [6.45, 7) is 2.16. The highest BCUT2D eigenvalue weighted by Crippen LogP contribution is 2.61. The van der Waals surface area contributed by atoms with E-state index in [0.29, 0.717) is 0 Å². The molecule has 1 heteroatoms. The smallest absolute Gasteiger partial charge is 0.0631 e. The third-order valence-corrected chi connectivity index (χ3v) is 7.88. The van der Waals surface area contributed by atoms with E-state index < -0.39 is 0 Å². The summed E-state index contributed by atoms with van der Waals surface area (Å²) in [4.78, 5) is 0. The summed E-state index contributed by atoms with van der Waals surface area (Å²) in [5.41, 5.74) is 0.150. The van der Waals surface area contributed by atoms with Crippen LogP contribution in [0.2, 0.25) is 0 Å². The second-order valence-corrected chi connectivity index (χ2v) is 8.43. The number of aliphatic hydroxyl groups excluding tert-OH is 1. The molecule has 3 saturated carbocycles. The monoisotopic (exact) mass is 288 g/mol. The maximum Gasteiger partial charge on any atom is 0.0631 e. The molecule has 0 heterocycles. The molecule has 0 amide bonds. The summed E-state index contributed by atoms with van der Waals surface area (Å²) < 4.78 is 0. The first-order valence-electron chi connectivity index (χ1n) is 9.62. The number of fused-ring (bicyclic) bond motifs is 5. The van der Waals surface area contributed by atoms with Crippen LogP contribution in [0.5, 0.6) is 0 Å². The van der Waals surface area contributed by atoms with Crippen LogP contribution in [0.3, 0.4) is 0 Å². The second-order valence-electron chi connectivity index (χ2n) is 8.43. The average molecular weight is 288 g/mol. The lowest BCUT2D eigenvalue weighted by Gasteiger charge is -2.56. The molecular weight excluding hydrogens is 256 g/mol. The molecule has 0 aromatic carbocycles. The van der Waals surface area contributed by atoms with Crippen LogP contribution in [0.4, 0.5) is 0 Å². The zero-order chi connectivity index (χ0) is 14.4. The van der Waals surface area contributed by atoms with E-state index in [2.05, 4.69) is 19.1 Å². The van der Waals surface area contributed by atoms with Gasteiger partial charge in [-0.3, -0.25) is 0 Å². The van der Waals surface area contributed by atoms with Gasteiger partial charge < -0.3 is 5.11 Å². The van der Waals surface area contributed by atoms with Crippen molar-refractivity contribution >= 4 is 0 Å². The Morgan fingerprint density at radius 3 is 2.76 bits per heavy atom. The lowest BCUT2D eigenvalue weighted by molar-refractivity contribution is -0.0910. The largest absolute Gasteiger partial charge is 0.392 e. The van der Waals surface area contributed by atoms with E-state index in [1.807, 2.05) is 0 Å². The first-order chi connectivity index (χ1) is 10.3. The third-order valence-electron chi connectivity index (χ3n) is 7.88. The molecule has 21 heavy (non-hydrogen) atoms. The molecule has 2 unspecified atom stereocenters. The van der Waals surface area contributed by atoms with Crippen molar-refractivity contribution < 1.29 is 5.11 Å². The van der Waals surface area contributed by atoms with Gasteiger partial charge in [0.2, 0.25) is 0 Å². The zero-order valence-corrected chi connectivity index (χ0v) is 13.6. The van der Waals surface area contributed by atoms with Crippen LogP contribution in [0.1, 0.15) is 71.1 Å². The van der Waals surface area contributed by atoms with Crippen LogP contribution in [0, 0.1) is 35.0 Å². The predicted molar refractivity (Wildman–Crippen MR) is 86.9 cm³/mol. The van der Waals surface area contributed by atoms with Gasteiger partial charge in [-0.2, -0.15) is 0 Å². The quantitative estimate of drug-likeness (QED) is 0.713. The van der Waals surface area contributed by atoms with E-state index in [9.17, 15) is 5.11 Å². The van der Waals surface area contributed by atoms with E-state index in [1.165, 1.54) is 57.8 Å². The van der Waals surface area contributed by atoms with Gasteiger partial charge in [0.15, 0.2) is 0 Å². The Morgan fingerprint density at radius 1 is 1.05 bits per heavy atom. The number of allylic oxidation sites excluding steroid dienone is 1. The lowest BCUT2D eigenvalue weighted by Crippen LogP contribution is -2.51. The van der Waals surface area contributed by atoms with Crippen molar-refractivity contribution in [3.05, 3.63) is 12.2 Å². The summed E-state index contributed by atoms with van der Waals surface area (Å²) in [7, 11) is 0. The molecule has 0 radical (unpaired) electrons. The van der Waals surface area contributed by atoms with Crippen molar-refractivity contribution in [2.45, 2.75) is 77.2 Å². The van der Waals surface area contributed by atoms with Crippen LogP contribution >= 0.6 is 0 Å². The molecule has 0 aromatic rings. The summed E-state index contributed by atoms with van der Waals surface area (Å²) in [6.07, 6.45) is 18.5. The molecule has 7 atom stereocenters. The average Bonchev–Trinajstić information content (AvgIpc) is 2.99. The third kappa shape index (κ3) is 2.06. The number of rotatable bonds is 2. The molecule has 3 fully saturated rings. The molecule has 1 N–H and O–H groups in total. The Hall–Kier alpha value is -0.300. The van der Waals surface area contributed by atoms with Crippen LogP contribution in [-0.2, 0) is 0 Å². The molecule has 0 aliphatic heterocycles. The van der Waals surface area contributed by atoms with E-state index in [4.69, 9.17) is 0 Å². The van der Waals surface area contributed by atoms with Gasteiger partial charge in [0.25, 0.3) is 0 Å². The van der Waals surface area contributed by atoms with Gasteiger partial charge in [0, 0.05) is 5.41 Å². The Labute approximate surface area is 130 Å². The number of aliphatic hydroxyl groups is 1. The minimum atomic E-state index is -0.105. The van der Waals surface area contributed by atoms with Crippen molar-refractivity contribution in [1.82, 2.24) is 0 Å². The van der Waals surface area contributed by atoms with Crippen LogP contribution in [0.15, 0.2) is 12.2 Å². The van der Waals surface area contributed by atoms with E-state index >= 15 is 0 Å². The van der Waals surface area contributed by atoms with Gasteiger partial charge in [0.05, 0.1) is 6.10 Å². The van der Waals surface area contributed by atoms with Gasteiger partial charge in [-0.25, -0.2) is 0 Å². The summed E-state index contributed by atoms with van der Waals surface area (Å²) >= 11 is 0. The first-order valence-corrected chi connectivity index (χ1v) is 9.62. The molecule has 118 valence electrons. The molecular formula is C20H32O. The second kappa shape index (κ2) is 5.41. The Kier molecular flexibility index (Phi) is 3.68. The SMILES string of the molecule is CCC(O)[C@@]12C=CC[C@H]1[C@@H]1CCC3CCCC[C@@H]3[C@H]1CC2. The molecule has 4 aliphatic carbocycles. The van der Waals surface area contributed by atoms with Gasteiger partial charge >= 0.3 is 0 Å². The zero-order valence-electron chi connectivity index (χ0n) is 13.6.